The van der Waals surface area contributed by atoms with Gasteiger partial charge in [-0.1, -0.05) is 38.2 Å². The highest BCUT2D eigenvalue weighted by atomic mass is 16.6. The second-order valence-electron chi connectivity index (χ2n) is 12.0. The van der Waals surface area contributed by atoms with Gasteiger partial charge in [-0.25, -0.2) is 4.79 Å². The first-order chi connectivity index (χ1) is 18.9. The molecule has 40 heavy (non-hydrogen) atoms. The number of pyridine rings is 1. The van der Waals surface area contributed by atoms with E-state index in [4.69, 9.17) is 4.74 Å². The maximum Gasteiger partial charge on any atom is 0.407 e. The van der Waals surface area contributed by atoms with Crippen LogP contribution >= 0.6 is 0 Å². The van der Waals surface area contributed by atoms with Crippen LogP contribution in [0.25, 0.3) is 10.9 Å². The van der Waals surface area contributed by atoms with Crippen molar-refractivity contribution in [2.24, 2.45) is 13.0 Å². The predicted molar refractivity (Wildman–Crippen MR) is 158 cm³/mol. The smallest absolute Gasteiger partial charge is 0.407 e. The Hall–Kier alpha value is -3.36. The van der Waals surface area contributed by atoms with Gasteiger partial charge in [0.2, 0.25) is 11.8 Å². The number of hydrogen-bond donors (Lipinski definition) is 3. The molecule has 3 N–H and O–H groups in total. The molecule has 1 aliphatic carbocycles. The Bertz CT molecular complexity index is 1240. The molecule has 1 fully saturated rings. The number of carbonyl (C=O) groups excluding carboxylic acids is 3. The van der Waals surface area contributed by atoms with Crippen LogP contribution in [-0.4, -0.2) is 40.7 Å². The van der Waals surface area contributed by atoms with E-state index in [0.29, 0.717) is 43.8 Å². The number of rotatable bonds is 11. The molecule has 9 nitrogen and oxygen atoms in total. The Kier molecular flexibility index (Phi) is 11.2. The number of anilines is 1. The summed E-state index contributed by atoms with van der Waals surface area (Å²) in [5, 5.41) is 9.56. The Morgan fingerprint density at radius 2 is 1.80 bits per heavy atom. The Morgan fingerprint density at radius 3 is 2.50 bits per heavy atom. The van der Waals surface area contributed by atoms with Gasteiger partial charge >= 0.3 is 6.09 Å². The molecule has 1 aromatic carbocycles. The number of ether oxygens (including phenoxy) is 1. The van der Waals surface area contributed by atoms with Crippen LogP contribution < -0.4 is 21.5 Å². The molecule has 2 aromatic rings. The van der Waals surface area contributed by atoms with E-state index in [0.717, 1.165) is 22.9 Å². The summed E-state index contributed by atoms with van der Waals surface area (Å²) in [7, 11) is 1.70. The van der Waals surface area contributed by atoms with Gasteiger partial charge in [0, 0.05) is 37.2 Å². The number of nitrogens with zero attached hydrogens (tertiary/aromatic N) is 1. The number of carbonyl (C=O) groups is 3. The minimum absolute atomic E-state index is 0.114. The van der Waals surface area contributed by atoms with Crippen molar-refractivity contribution < 1.29 is 19.1 Å². The van der Waals surface area contributed by atoms with Gasteiger partial charge in [-0.2, -0.15) is 0 Å². The van der Waals surface area contributed by atoms with Crippen LogP contribution in [0.4, 0.5) is 10.5 Å². The maximum absolute atomic E-state index is 13.4. The van der Waals surface area contributed by atoms with Gasteiger partial charge in [-0.05, 0) is 77.0 Å². The van der Waals surface area contributed by atoms with E-state index in [1.807, 2.05) is 39.8 Å². The summed E-state index contributed by atoms with van der Waals surface area (Å²) in [4.78, 5) is 50.4. The fourth-order valence-corrected chi connectivity index (χ4v) is 5.25. The Balaban J connectivity index is 1.62. The molecule has 0 unspecified atom stereocenters. The van der Waals surface area contributed by atoms with E-state index >= 15 is 0 Å². The number of nitrogens with one attached hydrogen (secondary N) is 3. The van der Waals surface area contributed by atoms with Gasteiger partial charge in [-0.15, -0.1) is 0 Å². The van der Waals surface area contributed by atoms with Crippen LogP contribution in [0.1, 0.15) is 90.5 Å². The van der Waals surface area contributed by atoms with E-state index < -0.39 is 17.7 Å². The standard InChI is InChI=1S/C31H46N4O5/c1-21-19-28(37)35(5)26-20-23(15-16-24(21)26)33-29(38)25(13-9-10-18-32-30(39)40-31(2,3)4)34-27(36)17-14-22-11-7-6-8-12-22/h15-16,19-20,22,25H,6-14,17-18H2,1-5H3,(H,32,39)(H,33,38)(H,34,36)/t25-/m0/s1. The van der Waals surface area contributed by atoms with Crippen LogP contribution in [0.3, 0.4) is 0 Å². The predicted octanol–water partition coefficient (Wildman–Crippen LogP) is 5.33. The summed E-state index contributed by atoms with van der Waals surface area (Å²) in [5.74, 6) is 0.163. The van der Waals surface area contributed by atoms with Crippen molar-refractivity contribution in [2.45, 2.75) is 104 Å². The quantitative estimate of drug-likeness (QED) is 0.325. The normalized spacial score (nSPS) is 14.9. The largest absolute Gasteiger partial charge is 0.444 e. The molecule has 0 bridgehead atoms. The molecule has 220 valence electrons. The average molecular weight is 555 g/mol. The summed E-state index contributed by atoms with van der Waals surface area (Å²) >= 11 is 0. The number of unbranched alkanes of at least 4 members (excludes halogenated alkanes) is 1. The molecule has 0 radical (unpaired) electrons. The first-order valence-corrected chi connectivity index (χ1v) is 14.6. The lowest BCUT2D eigenvalue weighted by Crippen LogP contribution is -2.44. The van der Waals surface area contributed by atoms with Gasteiger partial charge < -0.3 is 25.3 Å². The highest BCUT2D eigenvalue weighted by Gasteiger charge is 2.22. The van der Waals surface area contributed by atoms with E-state index in [1.165, 1.54) is 32.1 Å². The van der Waals surface area contributed by atoms with E-state index in [9.17, 15) is 19.2 Å². The fraction of sp³-hybridized carbons (Fsp3) is 0.613. The summed E-state index contributed by atoms with van der Waals surface area (Å²) in [5.41, 5.74) is 1.48. The lowest BCUT2D eigenvalue weighted by molar-refractivity contribution is -0.126. The number of benzene rings is 1. The van der Waals surface area contributed by atoms with Crippen molar-refractivity contribution in [1.82, 2.24) is 15.2 Å². The molecule has 1 saturated carbocycles. The third-order valence-corrected chi connectivity index (χ3v) is 7.47. The SMILES string of the molecule is Cc1cc(=O)n(C)c2cc(NC(=O)[C@H](CCCCNC(=O)OC(C)(C)C)NC(=O)CCC3CCCCC3)ccc12. The number of hydrogen-bond acceptors (Lipinski definition) is 5. The van der Waals surface area contributed by atoms with Crippen LogP contribution in [-0.2, 0) is 21.4 Å². The van der Waals surface area contributed by atoms with Gasteiger partial charge in [0.05, 0.1) is 5.52 Å². The van der Waals surface area contributed by atoms with Crippen LogP contribution in [0.15, 0.2) is 29.1 Å². The summed E-state index contributed by atoms with van der Waals surface area (Å²) in [6, 6.07) is 6.37. The van der Waals surface area contributed by atoms with E-state index in [2.05, 4.69) is 16.0 Å². The van der Waals surface area contributed by atoms with Gasteiger partial charge in [0.15, 0.2) is 0 Å². The lowest BCUT2D eigenvalue weighted by atomic mass is 9.86. The van der Waals surface area contributed by atoms with Crippen molar-refractivity contribution >= 4 is 34.5 Å². The average Bonchev–Trinajstić information content (AvgIpc) is 2.89. The molecule has 3 amide bonds. The summed E-state index contributed by atoms with van der Waals surface area (Å²) in [6.07, 6.45) is 8.55. The molecule has 0 saturated heterocycles. The van der Waals surface area contributed by atoms with Gasteiger partial charge in [0.1, 0.15) is 11.6 Å². The molecule has 3 rings (SSSR count). The zero-order chi connectivity index (χ0) is 29.3. The second-order valence-corrected chi connectivity index (χ2v) is 12.0. The number of amides is 3. The highest BCUT2D eigenvalue weighted by molar-refractivity contribution is 5.98. The fourth-order valence-electron chi connectivity index (χ4n) is 5.25. The molecule has 9 heteroatoms. The minimum atomic E-state index is -0.711. The Labute approximate surface area is 237 Å². The van der Waals surface area contributed by atoms with Crippen LogP contribution in [0.2, 0.25) is 0 Å². The number of aromatic nitrogens is 1. The maximum atomic E-state index is 13.4. The van der Waals surface area contributed by atoms with E-state index in [1.54, 1.807) is 23.7 Å². The molecule has 0 spiro atoms. The van der Waals surface area contributed by atoms with Crippen LogP contribution in [0.5, 0.6) is 0 Å². The molecule has 0 aliphatic heterocycles. The molecule has 1 aromatic heterocycles. The van der Waals surface area contributed by atoms with Crippen molar-refractivity contribution in [2.75, 3.05) is 11.9 Å². The monoisotopic (exact) mass is 554 g/mol. The number of fused-ring (bicyclic) bond motifs is 1. The third kappa shape index (κ3) is 9.68. The van der Waals surface area contributed by atoms with Crippen molar-refractivity contribution in [1.29, 1.82) is 0 Å². The molecule has 1 aliphatic rings. The number of aryl methyl sites for hydroxylation is 2. The topological polar surface area (TPSA) is 119 Å². The van der Waals surface area contributed by atoms with Gasteiger partial charge in [0.25, 0.3) is 5.56 Å². The van der Waals surface area contributed by atoms with Crippen molar-refractivity contribution in [3.8, 4) is 0 Å². The first-order valence-electron chi connectivity index (χ1n) is 14.6. The lowest BCUT2D eigenvalue weighted by Gasteiger charge is -2.22. The van der Waals surface area contributed by atoms with Crippen LogP contribution in [0, 0.1) is 12.8 Å². The van der Waals surface area contributed by atoms with Gasteiger partial charge in [-0.3, -0.25) is 14.4 Å². The minimum Gasteiger partial charge on any atom is -0.444 e. The summed E-state index contributed by atoms with van der Waals surface area (Å²) in [6.45, 7) is 7.73. The summed E-state index contributed by atoms with van der Waals surface area (Å²) < 4.78 is 6.82. The molecular formula is C31H46N4O5. The second kappa shape index (κ2) is 14.3. The van der Waals surface area contributed by atoms with Crippen molar-refractivity contribution in [3.63, 3.8) is 0 Å². The molecule has 1 atom stereocenters. The zero-order valence-electron chi connectivity index (χ0n) is 24.7. The van der Waals surface area contributed by atoms with Crippen molar-refractivity contribution in [3.05, 3.63) is 40.2 Å². The first kappa shape index (κ1) is 31.2. The third-order valence-electron chi connectivity index (χ3n) is 7.47. The zero-order valence-corrected chi connectivity index (χ0v) is 24.7. The molecular weight excluding hydrogens is 508 g/mol. The van der Waals surface area contributed by atoms with E-state index in [-0.39, 0.29) is 17.4 Å². The number of alkyl carbamates (subject to hydrolysis) is 1. The highest BCUT2D eigenvalue weighted by Crippen LogP contribution is 2.27. The molecule has 1 heterocycles. The Morgan fingerprint density at radius 1 is 1.07 bits per heavy atom.